The van der Waals surface area contributed by atoms with Gasteiger partial charge in [0.25, 0.3) is 0 Å². The van der Waals surface area contributed by atoms with Gasteiger partial charge in [-0.15, -0.1) is 0 Å². The van der Waals surface area contributed by atoms with E-state index in [-0.39, 0.29) is 5.91 Å². The van der Waals surface area contributed by atoms with Crippen LogP contribution < -0.4 is 0 Å². The van der Waals surface area contributed by atoms with E-state index in [0.29, 0.717) is 25.2 Å². The molecule has 0 spiro atoms. The predicted octanol–water partition coefficient (Wildman–Crippen LogP) is 1.83. The molecule has 0 aliphatic carbocycles. The molecule has 0 N–H and O–H groups in total. The van der Waals surface area contributed by atoms with Crippen molar-refractivity contribution in [2.75, 3.05) is 26.9 Å². The van der Waals surface area contributed by atoms with Crippen LogP contribution in [0.5, 0.6) is 0 Å². The minimum atomic E-state index is 0.256. The third-order valence-corrected chi connectivity index (χ3v) is 3.37. The zero-order valence-electron chi connectivity index (χ0n) is 11.3. The van der Waals surface area contributed by atoms with Gasteiger partial charge in [-0.1, -0.05) is 0 Å². The third kappa shape index (κ3) is 4.64. The Bertz CT molecular complexity index is 233. The maximum Gasteiger partial charge on any atom is 0.222 e. The van der Waals surface area contributed by atoms with Gasteiger partial charge >= 0.3 is 0 Å². The van der Waals surface area contributed by atoms with E-state index in [1.165, 1.54) is 0 Å². The molecule has 4 nitrogen and oxygen atoms in total. The number of likely N-dealkylation sites (tertiary alicyclic amines) is 1. The molecule has 2 atom stereocenters. The number of ether oxygens (including phenoxy) is 2. The van der Waals surface area contributed by atoms with Crippen LogP contribution in [0.15, 0.2) is 0 Å². The minimum Gasteiger partial charge on any atom is -0.382 e. The zero-order chi connectivity index (χ0) is 12.7. The predicted molar refractivity (Wildman–Crippen MR) is 66.9 cm³/mol. The molecule has 17 heavy (non-hydrogen) atoms. The number of nitrogens with zero attached hydrogens (tertiary/aromatic N) is 1. The fraction of sp³-hybridized carbons (Fsp3) is 0.923. The van der Waals surface area contributed by atoms with E-state index in [2.05, 4.69) is 6.92 Å². The highest BCUT2D eigenvalue weighted by atomic mass is 16.5. The second kappa shape index (κ2) is 7.67. The maximum atomic E-state index is 12.0. The number of carbonyl (C=O) groups excluding carboxylic acids is 1. The summed E-state index contributed by atoms with van der Waals surface area (Å²) >= 11 is 0. The first kappa shape index (κ1) is 14.5. The van der Waals surface area contributed by atoms with Crippen molar-refractivity contribution < 1.29 is 14.3 Å². The molecular formula is C13H25NO3. The molecule has 0 aromatic heterocycles. The van der Waals surface area contributed by atoms with E-state index in [0.717, 1.165) is 32.4 Å². The average molecular weight is 243 g/mol. The molecule has 0 radical (unpaired) electrons. The van der Waals surface area contributed by atoms with Crippen LogP contribution >= 0.6 is 0 Å². The number of amides is 1. The quantitative estimate of drug-likeness (QED) is 0.668. The zero-order valence-corrected chi connectivity index (χ0v) is 11.3. The third-order valence-electron chi connectivity index (χ3n) is 3.37. The van der Waals surface area contributed by atoms with Crippen LogP contribution in [0.2, 0.25) is 0 Å². The number of hydrogen-bond acceptors (Lipinski definition) is 3. The monoisotopic (exact) mass is 243 g/mol. The smallest absolute Gasteiger partial charge is 0.222 e. The van der Waals surface area contributed by atoms with Crippen molar-refractivity contribution >= 4 is 5.91 Å². The number of piperidine rings is 1. The van der Waals surface area contributed by atoms with E-state index in [4.69, 9.17) is 9.47 Å². The van der Waals surface area contributed by atoms with Crippen LogP contribution in [-0.2, 0) is 14.3 Å². The Balaban J connectivity index is 2.27. The number of hydrogen-bond donors (Lipinski definition) is 0. The molecule has 4 heteroatoms. The van der Waals surface area contributed by atoms with Crippen molar-refractivity contribution in [1.29, 1.82) is 0 Å². The first-order valence-corrected chi connectivity index (χ1v) is 6.59. The largest absolute Gasteiger partial charge is 0.382 e. The van der Waals surface area contributed by atoms with Crippen molar-refractivity contribution in [2.24, 2.45) is 0 Å². The van der Waals surface area contributed by atoms with Gasteiger partial charge < -0.3 is 14.4 Å². The Kier molecular flexibility index (Phi) is 6.52. The lowest BCUT2D eigenvalue weighted by Gasteiger charge is -2.37. The van der Waals surface area contributed by atoms with Gasteiger partial charge in [-0.3, -0.25) is 4.79 Å². The molecule has 0 saturated carbocycles. The van der Waals surface area contributed by atoms with Crippen LogP contribution in [0.4, 0.5) is 0 Å². The van der Waals surface area contributed by atoms with Gasteiger partial charge in [-0.2, -0.15) is 0 Å². The summed E-state index contributed by atoms with van der Waals surface area (Å²) in [6, 6.07) is 0.299. The average Bonchev–Trinajstić information content (AvgIpc) is 2.34. The Labute approximate surface area is 104 Å². The first-order valence-electron chi connectivity index (χ1n) is 6.59. The van der Waals surface area contributed by atoms with Gasteiger partial charge in [0.05, 0.1) is 6.10 Å². The first-order chi connectivity index (χ1) is 8.19. The summed E-state index contributed by atoms with van der Waals surface area (Å²) < 4.78 is 10.6. The Morgan fingerprint density at radius 1 is 1.47 bits per heavy atom. The van der Waals surface area contributed by atoms with Gasteiger partial charge in [0.15, 0.2) is 0 Å². The summed E-state index contributed by atoms with van der Waals surface area (Å²) in [6.45, 7) is 6.31. The van der Waals surface area contributed by atoms with Crippen LogP contribution in [0.25, 0.3) is 0 Å². The molecule has 0 aromatic carbocycles. The second-order valence-corrected chi connectivity index (χ2v) is 4.62. The standard InChI is InChI=1S/C13H25NO3/c1-4-17-9-5-6-13(15)14-8-7-12(16-3)10-11(14)2/h11-12H,4-10H2,1-3H3/t11-,12-/m0/s1. The highest BCUT2D eigenvalue weighted by Gasteiger charge is 2.28. The van der Waals surface area contributed by atoms with Crippen LogP contribution in [0.1, 0.15) is 39.5 Å². The van der Waals surface area contributed by atoms with Gasteiger partial charge in [0.2, 0.25) is 5.91 Å². The Morgan fingerprint density at radius 2 is 2.24 bits per heavy atom. The van der Waals surface area contributed by atoms with E-state index < -0.39 is 0 Å². The molecule has 0 bridgehead atoms. The molecule has 1 saturated heterocycles. The second-order valence-electron chi connectivity index (χ2n) is 4.62. The van der Waals surface area contributed by atoms with Crippen LogP contribution in [0.3, 0.4) is 0 Å². The molecule has 0 unspecified atom stereocenters. The summed E-state index contributed by atoms with van der Waals surface area (Å²) in [5.74, 6) is 0.256. The molecule has 1 rings (SSSR count). The molecular weight excluding hydrogens is 218 g/mol. The van der Waals surface area contributed by atoms with E-state index >= 15 is 0 Å². The number of carbonyl (C=O) groups is 1. The molecule has 100 valence electrons. The summed E-state index contributed by atoms with van der Waals surface area (Å²) in [4.78, 5) is 14.0. The molecule has 1 heterocycles. The molecule has 1 aliphatic heterocycles. The van der Waals surface area contributed by atoms with E-state index in [1.54, 1.807) is 7.11 Å². The van der Waals surface area contributed by atoms with Crippen molar-refractivity contribution in [3.8, 4) is 0 Å². The van der Waals surface area contributed by atoms with Crippen molar-refractivity contribution in [3.05, 3.63) is 0 Å². The van der Waals surface area contributed by atoms with E-state index in [1.807, 2.05) is 11.8 Å². The van der Waals surface area contributed by atoms with Crippen molar-refractivity contribution in [1.82, 2.24) is 4.90 Å². The van der Waals surface area contributed by atoms with Crippen molar-refractivity contribution in [2.45, 2.75) is 51.7 Å². The van der Waals surface area contributed by atoms with Gasteiger partial charge in [-0.05, 0) is 33.1 Å². The molecule has 0 aromatic rings. The van der Waals surface area contributed by atoms with Gasteiger partial charge in [0.1, 0.15) is 0 Å². The Morgan fingerprint density at radius 3 is 2.82 bits per heavy atom. The van der Waals surface area contributed by atoms with Gasteiger partial charge in [0, 0.05) is 39.3 Å². The summed E-state index contributed by atoms with van der Waals surface area (Å²) in [5.41, 5.74) is 0. The lowest BCUT2D eigenvalue weighted by Crippen LogP contribution is -2.46. The van der Waals surface area contributed by atoms with Crippen LogP contribution in [0, 0.1) is 0 Å². The maximum absolute atomic E-state index is 12.0. The normalized spacial score (nSPS) is 25.0. The fourth-order valence-electron chi connectivity index (χ4n) is 2.33. The minimum absolute atomic E-state index is 0.256. The van der Waals surface area contributed by atoms with Crippen LogP contribution in [-0.4, -0.2) is 49.8 Å². The lowest BCUT2D eigenvalue weighted by atomic mass is 10.00. The topological polar surface area (TPSA) is 38.8 Å². The van der Waals surface area contributed by atoms with Gasteiger partial charge in [-0.25, -0.2) is 0 Å². The number of methoxy groups -OCH3 is 1. The molecule has 1 fully saturated rings. The Hall–Kier alpha value is -0.610. The van der Waals surface area contributed by atoms with E-state index in [9.17, 15) is 4.79 Å². The highest BCUT2D eigenvalue weighted by Crippen LogP contribution is 2.20. The fourth-order valence-corrected chi connectivity index (χ4v) is 2.33. The molecule has 1 aliphatic rings. The SMILES string of the molecule is CCOCCCC(=O)N1CC[C@H](OC)C[C@@H]1C. The number of rotatable bonds is 6. The summed E-state index contributed by atoms with van der Waals surface area (Å²) in [6.07, 6.45) is 3.65. The summed E-state index contributed by atoms with van der Waals surface area (Å²) in [5, 5.41) is 0. The molecule has 1 amide bonds. The lowest BCUT2D eigenvalue weighted by molar-refractivity contribution is -0.136. The highest BCUT2D eigenvalue weighted by molar-refractivity contribution is 5.76. The van der Waals surface area contributed by atoms with Crippen molar-refractivity contribution in [3.63, 3.8) is 0 Å². The summed E-state index contributed by atoms with van der Waals surface area (Å²) in [7, 11) is 1.75.